The third-order valence-electron chi connectivity index (χ3n) is 6.19. The summed E-state index contributed by atoms with van der Waals surface area (Å²) >= 11 is 0. The molecule has 27 heavy (non-hydrogen) atoms. The zero-order valence-corrected chi connectivity index (χ0v) is 15.8. The van der Waals surface area contributed by atoms with Crippen molar-refractivity contribution in [2.75, 3.05) is 6.61 Å². The minimum Gasteiger partial charge on any atom is -0.458 e. The minimum atomic E-state index is -1.54. The van der Waals surface area contributed by atoms with Gasteiger partial charge in [-0.3, -0.25) is 0 Å². The fourth-order valence-electron chi connectivity index (χ4n) is 4.45. The van der Waals surface area contributed by atoms with Crippen molar-refractivity contribution in [2.45, 2.75) is 57.5 Å². The molecular weight excluding hydrogens is 352 g/mol. The summed E-state index contributed by atoms with van der Waals surface area (Å²) in [5, 5.41) is 31.2. The predicted molar refractivity (Wildman–Crippen MR) is 95.3 cm³/mol. The number of allylic oxidation sites excluding steroid dienone is 1. The van der Waals surface area contributed by atoms with E-state index in [1.165, 1.54) is 6.92 Å². The van der Waals surface area contributed by atoms with E-state index in [1.807, 2.05) is 0 Å². The number of aliphatic hydroxyl groups excluding tert-OH is 2. The van der Waals surface area contributed by atoms with E-state index in [-0.39, 0.29) is 25.0 Å². The Morgan fingerprint density at radius 2 is 2.11 bits per heavy atom. The topological polar surface area (TPSA) is 113 Å². The fourth-order valence-corrected chi connectivity index (χ4v) is 4.45. The van der Waals surface area contributed by atoms with Gasteiger partial charge in [-0.1, -0.05) is 18.2 Å². The predicted octanol–water partition coefficient (Wildman–Crippen LogP) is 0.787. The molecule has 3 aliphatic rings. The largest absolute Gasteiger partial charge is 0.458 e. The van der Waals surface area contributed by atoms with Crippen molar-refractivity contribution >= 4 is 11.9 Å². The summed E-state index contributed by atoms with van der Waals surface area (Å²) < 4.78 is 11.2. The van der Waals surface area contributed by atoms with Crippen LogP contribution in [0.15, 0.2) is 34.9 Å². The second-order valence-electron chi connectivity index (χ2n) is 7.75. The van der Waals surface area contributed by atoms with Crippen LogP contribution in [0.3, 0.4) is 0 Å². The Morgan fingerprint density at radius 3 is 2.70 bits per heavy atom. The normalized spacial score (nSPS) is 39.0. The molecule has 0 aromatic heterocycles. The molecule has 0 aromatic rings. The van der Waals surface area contributed by atoms with Crippen molar-refractivity contribution in [3.63, 3.8) is 0 Å². The molecule has 1 aliphatic heterocycles. The van der Waals surface area contributed by atoms with Crippen LogP contribution < -0.4 is 0 Å². The van der Waals surface area contributed by atoms with E-state index < -0.39 is 47.7 Å². The molecule has 2 aliphatic carbocycles. The third-order valence-corrected chi connectivity index (χ3v) is 6.19. The maximum atomic E-state index is 12.3. The van der Waals surface area contributed by atoms with Crippen molar-refractivity contribution in [3.05, 3.63) is 34.9 Å². The number of aliphatic hydroxyl groups is 3. The van der Waals surface area contributed by atoms with Crippen LogP contribution in [-0.2, 0) is 19.1 Å². The van der Waals surface area contributed by atoms with E-state index >= 15 is 0 Å². The SMILES string of the molecule is C=C1C(=O)OC2C1C(OC(=O)C(C)=CC)CC(CO)=C1CC(O)C(C)(O)C12. The van der Waals surface area contributed by atoms with Gasteiger partial charge in [-0.05, 0) is 32.8 Å². The van der Waals surface area contributed by atoms with Crippen LogP contribution in [-0.4, -0.2) is 57.8 Å². The van der Waals surface area contributed by atoms with Crippen LogP contribution in [0.1, 0.15) is 33.6 Å². The van der Waals surface area contributed by atoms with Crippen LogP contribution >= 0.6 is 0 Å². The van der Waals surface area contributed by atoms with Gasteiger partial charge >= 0.3 is 11.9 Å². The molecule has 0 bridgehead atoms. The van der Waals surface area contributed by atoms with Gasteiger partial charge in [-0.15, -0.1) is 0 Å². The van der Waals surface area contributed by atoms with Gasteiger partial charge in [-0.25, -0.2) is 9.59 Å². The average Bonchev–Trinajstić information content (AvgIpc) is 2.97. The highest BCUT2D eigenvalue weighted by Gasteiger charge is 2.60. The van der Waals surface area contributed by atoms with Crippen LogP contribution in [0.25, 0.3) is 0 Å². The van der Waals surface area contributed by atoms with E-state index in [1.54, 1.807) is 19.9 Å². The molecule has 0 aromatic carbocycles. The molecule has 3 rings (SSSR count). The zero-order chi connectivity index (χ0) is 20.1. The maximum absolute atomic E-state index is 12.3. The number of fused-ring (bicyclic) bond motifs is 3. The quantitative estimate of drug-likeness (QED) is 0.378. The van der Waals surface area contributed by atoms with Crippen LogP contribution in [0.2, 0.25) is 0 Å². The molecule has 1 heterocycles. The number of esters is 2. The summed E-state index contributed by atoms with van der Waals surface area (Å²) in [6.07, 6.45) is -0.649. The lowest BCUT2D eigenvalue weighted by molar-refractivity contribution is -0.153. The summed E-state index contributed by atoms with van der Waals surface area (Å²) in [7, 11) is 0. The first-order valence-corrected chi connectivity index (χ1v) is 9.09. The molecular formula is C20H26O7. The van der Waals surface area contributed by atoms with Gasteiger partial charge in [0.05, 0.1) is 24.2 Å². The van der Waals surface area contributed by atoms with Gasteiger partial charge < -0.3 is 24.8 Å². The third kappa shape index (κ3) is 3.03. The van der Waals surface area contributed by atoms with Crippen molar-refractivity contribution in [2.24, 2.45) is 11.8 Å². The smallest absolute Gasteiger partial charge is 0.334 e. The lowest BCUT2D eigenvalue weighted by Crippen LogP contribution is -2.48. The van der Waals surface area contributed by atoms with Gasteiger partial charge in [-0.2, -0.15) is 0 Å². The Hall–Kier alpha value is -1.96. The van der Waals surface area contributed by atoms with E-state index in [4.69, 9.17) is 9.47 Å². The van der Waals surface area contributed by atoms with Gasteiger partial charge in [0, 0.05) is 23.5 Å². The molecule has 0 amide bonds. The first-order chi connectivity index (χ1) is 12.6. The van der Waals surface area contributed by atoms with Gasteiger partial charge in [0.15, 0.2) is 0 Å². The molecule has 7 nitrogen and oxygen atoms in total. The van der Waals surface area contributed by atoms with Crippen LogP contribution in [0, 0.1) is 11.8 Å². The first kappa shape index (κ1) is 19.8. The van der Waals surface area contributed by atoms with Gasteiger partial charge in [0.2, 0.25) is 0 Å². The second kappa shape index (κ2) is 6.89. The van der Waals surface area contributed by atoms with E-state index in [2.05, 4.69) is 6.58 Å². The molecule has 1 saturated heterocycles. The van der Waals surface area contributed by atoms with Crippen molar-refractivity contribution in [1.29, 1.82) is 0 Å². The number of ether oxygens (including phenoxy) is 2. The lowest BCUT2D eigenvalue weighted by atomic mass is 9.78. The lowest BCUT2D eigenvalue weighted by Gasteiger charge is -2.34. The number of hydrogen-bond acceptors (Lipinski definition) is 7. The zero-order valence-electron chi connectivity index (χ0n) is 15.8. The summed E-state index contributed by atoms with van der Waals surface area (Å²) in [6.45, 7) is 8.35. The molecule has 7 heteroatoms. The Kier molecular flexibility index (Phi) is 5.05. The Morgan fingerprint density at radius 1 is 1.44 bits per heavy atom. The highest BCUT2D eigenvalue weighted by atomic mass is 16.6. The molecule has 1 saturated carbocycles. The molecule has 2 fully saturated rings. The Bertz CT molecular complexity index is 745. The monoisotopic (exact) mass is 378 g/mol. The van der Waals surface area contributed by atoms with Crippen molar-refractivity contribution in [3.8, 4) is 0 Å². The maximum Gasteiger partial charge on any atom is 0.334 e. The summed E-state index contributed by atoms with van der Waals surface area (Å²) in [6, 6.07) is 0. The minimum absolute atomic E-state index is 0.162. The fraction of sp³-hybridized carbons (Fsp3) is 0.600. The van der Waals surface area contributed by atoms with Crippen LogP contribution in [0.4, 0.5) is 0 Å². The summed E-state index contributed by atoms with van der Waals surface area (Å²) in [4.78, 5) is 24.6. The molecule has 6 atom stereocenters. The Labute approximate surface area is 158 Å². The van der Waals surface area contributed by atoms with E-state index in [0.29, 0.717) is 16.7 Å². The second-order valence-corrected chi connectivity index (χ2v) is 7.75. The van der Waals surface area contributed by atoms with E-state index in [0.717, 1.165) is 0 Å². The van der Waals surface area contributed by atoms with Gasteiger partial charge in [0.25, 0.3) is 0 Å². The Balaban J connectivity index is 2.08. The molecule has 148 valence electrons. The number of rotatable bonds is 3. The van der Waals surface area contributed by atoms with Crippen molar-refractivity contribution in [1.82, 2.24) is 0 Å². The number of carbonyl (C=O) groups is 2. The van der Waals surface area contributed by atoms with E-state index in [9.17, 15) is 24.9 Å². The molecule has 0 spiro atoms. The summed E-state index contributed by atoms with van der Waals surface area (Å²) in [5.41, 5.74) is 0.306. The number of hydrogen-bond donors (Lipinski definition) is 3. The number of carbonyl (C=O) groups excluding carboxylic acids is 2. The molecule has 0 radical (unpaired) electrons. The molecule has 3 N–H and O–H groups in total. The van der Waals surface area contributed by atoms with Gasteiger partial charge in [0.1, 0.15) is 12.2 Å². The molecule has 6 unspecified atom stereocenters. The standard InChI is InChI=1S/C20H26O7/c1-5-9(2)18(23)26-13-6-11(8-21)12-7-14(22)20(4,25)16(12)17-15(13)10(3)19(24)27-17/h5,13-17,21-22,25H,3,6-8H2,1-2,4H3. The highest BCUT2D eigenvalue weighted by molar-refractivity contribution is 5.92. The summed E-state index contributed by atoms with van der Waals surface area (Å²) in [5.74, 6) is -2.48. The highest BCUT2D eigenvalue weighted by Crippen LogP contribution is 2.52. The van der Waals surface area contributed by atoms with Crippen molar-refractivity contribution < 1.29 is 34.4 Å². The van der Waals surface area contributed by atoms with Crippen LogP contribution in [0.5, 0.6) is 0 Å². The average molecular weight is 378 g/mol. The first-order valence-electron chi connectivity index (χ1n) is 9.09.